The van der Waals surface area contributed by atoms with Crippen molar-refractivity contribution in [3.8, 4) is 0 Å². The third-order valence-electron chi connectivity index (χ3n) is 5.55. The summed E-state index contributed by atoms with van der Waals surface area (Å²) in [6.45, 7) is 13.6. The van der Waals surface area contributed by atoms with E-state index in [4.69, 9.17) is 0 Å². The van der Waals surface area contributed by atoms with Gasteiger partial charge in [-0.2, -0.15) is 0 Å². The molecule has 1 aliphatic carbocycles. The minimum atomic E-state index is -1.61. The van der Waals surface area contributed by atoms with Crippen molar-refractivity contribution in [2.45, 2.75) is 53.6 Å². The molecule has 0 saturated heterocycles. The molecule has 0 spiro atoms. The number of ketones is 1. The van der Waals surface area contributed by atoms with Crippen LogP contribution in [-0.4, -0.2) is 13.9 Å². The Morgan fingerprint density at radius 1 is 1.26 bits per heavy atom. The fraction of sp³-hybridized carbons (Fsp3) is 0.476. The highest BCUT2D eigenvalue weighted by Crippen LogP contribution is 2.40. The first-order valence-corrected chi connectivity index (χ1v) is 11.6. The predicted molar refractivity (Wildman–Crippen MR) is 103 cm³/mol. The Kier molecular flexibility index (Phi) is 5.15. The van der Waals surface area contributed by atoms with Gasteiger partial charge >= 0.3 is 0 Å². The minimum Gasteiger partial charge on any atom is -0.295 e. The van der Waals surface area contributed by atoms with E-state index in [-0.39, 0.29) is 11.3 Å². The Labute approximate surface area is 142 Å². The average molecular weight is 327 g/mol. The molecule has 2 heteroatoms. The Morgan fingerprint density at radius 3 is 2.43 bits per heavy atom. The Balaban J connectivity index is 2.21. The van der Waals surface area contributed by atoms with Gasteiger partial charge < -0.3 is 0 Å². The first-order chi connectivity index (χ1) is 10.6. The van der Waals surface area contributed by atoms with Crippen LogP contribution in [0.5, 0.6) is 0 Å². The van der Waals surface area contributed by atoms with Crippen molar-refractivity contribution in [1.29, 1.82) is 0 Å². The number of carbonyl (C=O) groups is 1. The normalized spacial score (nSPS) is 22.0. The Hall–Kier alpha value is -1.41. The average Bonchev–Trinajstić information content (AvgIpc) is 2.45. The molecule has 0 aliphatic heterocycles. The van der Waals surface area contributed by atoms with Crippen LogP contribution in [0.4, 0.5) is 0 Å². The minimum absolute atomic E-state index is 0.0607. The van der Waals surface area contributed by atoms with E-state index in [1.165, 1.54) is 16.0 Å². The molecule has 1 aromatic rings. The summed E-state index contributed by atoms with van der Waals surface area (Å²) in [6, 6.07) is 10.8. The van der Waals surface area contributed by atoms with Crippen LogP contribution in [-0.2, 0) is 4.79 Å². The second-order valence-corrected chi connectivity index (χ2v) is 12.8. The molecule has 0 N–H and O–H groups in total. The maximum Gasteiger partial charge on any atom is 0.159 e. The van der Waals surface area contributed by atoms with Crippen LogP contribution in [0.15, 0.2) is 53.3 Å². The van der Waals surface area contributed by atoms with Gasteiger partial charge in [0, 0.05) is 5.92 Å². The molecule has 1 aromatic carbocycles. The van der Waals surface area contributed by atoms with Gasteiger partial charge in [0.15, 0.2) is 5.78 Å². The summed E-state index contributed by atoms with van der Waals surface area (Å²) >= 11 is 0. The molecule has 23 heavy (non-hydrogen) atoms. The largest absolute Gasteiger partial charge is 0.295 e. The van der Waals surface area contributed by atoms with Gasteiger partial charge in [0.25, 0.3) is 0 Å². The quantitative estimate of drug-likeness (QED) is 0.709. The molecule has 1 atom stereocenters. The van der Waals surface area contributed by atoms with Crippen LogP contribution in [0.3, 0.4) is 0 Å². The van der Waals surface area contributed by atoms with Crippen LogP contribution in [0.2, 0.25) is 13.1 Å². The van der Waals surface area contributed by atoms with Crippen LogP contribution in [0.1, 0.15) is 40.5 Å². The fourth-order valence-corrected chi connectivity index (χ4v) is 5.80. The second-order valence-electron chi connectivity index (χ2n) is 8.22. The topological polar surface area (TPSA) is 17.1 Å². The van der Waals surface area contributed by atoms with Crippen LogP contribution >= 0.6 is 0 Å². The lowest BCUT2D eigenvalue weighted by molar-refractivity contribution is -0.122. The zero-order valence-electron chi connectivity index (χ0n) is 15.4. The molecule has 1 aliphatic rings. The highest BCUT2D eigenvalue weighted by Gasteiger charge is 2.37. The number of allylic oxidation sites excluding steroid dienone is 4. The van der Waals surface area contributed by atoms with Gasteiger partial charge in [0.05, 0.1) is 0 Å². The van der Waals surface area contributed by atoms with Gasteiger partial charge in [0.1, 0.15) is 8.07 Å². The zero-order chi connectivity index (χ0) is 17.3. The van der Waals surface area contributed by atoms with Gasteiger partial charge in [-0.05, 0) is 38.2 Å². The molecule has 0 radical (unpaired) electrons. The first kappa shape index (κ1) is 17.9. The van der Waals surface area contributed by atoms with Gasteiger partial charge in [-0.25, -0.2) is 0 Å². The number of hydrogen-bond acceptors (Lipinski definition) is 1. The van der Waals surface area contributed by atoms with Gasteiger partial charge in [0.2, 0.25) is 0 Å². The van der Waals surface area contributed by atoms with E-state index in [0.29, 0.717) is 5.78 Å². The van der Waals surface area contributed by atoms with Crippen LogP contribution in [0, 0.1) is 11.3 Å². The molecule has 1 nitrogen and oxygen atoms in total. The maximum atomic E-state index is 12.5. The van der Waals surface area contributed by atoms with E-state index >= 15 is 0 Å². The lowest BCUT2D eigenvalue weighted by atomic mass is 9.67. The SMILES string of the molecule is CC1=CC(=O)C(C/C=C(\C)[Si](C)(C)c2ccccc2)C(C)(C)C1. The van der Waals surface area contributed by atoms with Gasteiger partial charge in [-0.1, -0.05) is 79.3 Å². The molecule has 0 amide bonds. The van der Waals surface area contributed by atoms with Crippen molar-refractivity contribution in [3.05, 3.63) is 53.3 Å². The molecule has 1 unspecified atom stereocenters. The van der Waals surface area contributed by atoms with Crippen molar-refractivity contribution in [1.82, 2.24) is 0 Å². The molecule has 0 saturated carbocycles. The van der Waals surface area contributed by atoms with E-state index in [9.17, 15) is 4.79 Å². The maximum absolute atomic E-state index is 12.5. The Bertz CT molecular complexity index is 635. The number of carbonyl (C=O) groups excluding carboxylic acids is 1. The third-order valence-corrected chi connectivity index (χ3v) is 9.50. The molecule has 0 bridgehead atoms. The van der Waals surface area contributed by atoms with E-state index in [1.807, 2.05) is 6.08 Å². The zero-order valence-corrected chi connectivity index (χ0v) is 16.4. The predicted octanol–water partition coefficient (Wildman–Crippen LogP) is 5.04. The summed E-state index contributed by atoms with van der Waals surface area (Å²) < 4.78 is 0. The van der Waals surface area contributed by atoms with Gasteiger partial charge in [-0.15, -0.1) is 0 Å². The number of benzene rings is 1. The molecule has 124 valence electrons. The summed E-state index contributed by atoms with van der Waals surface area (Å²) in [6.07, 6.45) is 6.09. The number of rotatable bonds is 4. The molecule has 0 heterocycles. The lowest BCUT2D eigenvalue weighted by Gasteiger charge is -2.36. The molecular formula is C21H30OSi. The molecular weight excluding hydrogens is 296 g/mol. The molecule has 0 aromatic heterocycles. The fourth-order valence-electron chi connectivity index (χ4n) is 3.69. The molecule has 0 fully saturated rings. The summed E-state index contributed by atoms with van der Waals surface area (Å²) in [7, 11) is -1.61. The highest BCUT2D eigenvalue weighted by molar-refractivity contribution is 6.95. The van der Waals surface area contributed by atoms with E-state index < -0.39 is 8.07 Å². The third kappa shape index (κ3) is 3.92. The monoisotopic (exact) mass is 326 g/mol. The van der Waals surface area contributed by atoms with Crippen molar-refractivity contribution in [2.75, 3.05) is 0 Å². The Morgan fingerprint density at radius 2 is 1.87 bits per heavy atom. The van der Waals surface area contributed by atoms with Gasteiger partial charge in [-0.3, -0.25) is 4.79 Å². The van der Waals surface area contributed by atoms with Crippen molar-refractivity contribution in [2.24, 2.45) is 11.3 Å². The summed E-state index contributed by atoms with van der Waals surface area (Å²) in [5.74, 6) is 0.420. The number of hydrogen-bond donors (Lipinski definition) is 0. The lowest BCUT2D eigenvalue weighted by Crippen LogP contribution is -2.43. The standard InChI is InChI=1S/C21H30OSi/c1-16-14-20(22)19(21(3,4)15-16)13-12-17(2)23(5,6)18-10-8-7-9-11-18/h7-12,14,19H,13,15H2,1-6H3/b17-12+. The van der Waals surface area contributed by atoms with Crippen LogP contribution < -0.4 is 5.19 Å². The van der Waals surface area contributed by atoms with E-state index in [0.717, 1.165) is 12.8 Å². The smallest absolute Gasteiger partial charge is 0.159 e. The summed E-state index contributed by atoms with van der Waals surface area (Å²) in [4.78, 5) is 12.5. The van der Waals surface area contributed by atoms with E-state index in [1.54, 1.807) is 0 Å². The van der Waals surface area contributed by atoms with Crippen molar-refractivity contribution in [3.63, 3.8) is 0 Å². The highest BCUT2D eigenvalue weighted by atomic mass is 28.3. The van der Waals surface area contributed by atoms with Crippen molar-refractivity contribution >= 4 is 19.0 Å². The van der Waals surface area contributed by atoms with Crippen LogP contribution in [0.25, 0.3) is 0 Å². The summed E-state index contributed by atoms with van der Waals surface area (Å²) in [5.41, 5.74) is 1.28. The van der Waals surface area contributed by atoms with Crippen molar-refractivity contribution < 1.29 is 4.79 Å². The first-order valence-electron chi connectivity index (χ1n) is 8.58. The summed E-state index contributed by atoms with van der Waals surface area (Å²) in [5, 5.41) is 2.93. The van der Waals surface area contributed by atoms with E-state index in [2.05, 4.69) is 77.2 Å². The second kappa shape index (κ2) is 6.60. The molecule has 2 rings (SSSR count).